The number of urea groups is 1. The van der Waals surface area contributed by atoms with Gasteiger partial charge in [0.15, 0.2) is 0 Å². The standard InChI is InChI=1S/C15H21N5O2/c1-10-11(2)22-14(19-10)9-16-15(21)20-6-4-3-5-13(20)12-7-17-18-8-12/h7-8,13H,3-6,9H2,1-2H3,(H,16,21)(H,17,18). The van der Waals surface area contributed by atoms with E-state index < -0.39 is 0 Å². The van der Waals surface area contributed by atoms with Crippen molar-refractivity contribution in [1.29, 1.82) is 0 Å². The number of hydrogen-bond acceptors (Lipinski definition) is 4. The number of hydrogen-bond donors (Lipinski definition) is 2. The maximum Gasteiger partial charge on any atom is 0.318 e. The Morgan fingerprint density at radius 3 is 3.05 bits per heavy atom. The van der Waals surface area contributed by atoms with Gasteiger partial charge in [-0.15, -0.1) is 0 Å². The van der Waals surface area contributed by atoms with Crippen LogP contribution in [-0.2, 0) is 6.54 Å². The number of oxazole rings is 1. The van der Waals surface area contributed by atoms with Crippen molar-refractivity contribution in [2.45, 2.75) is 45.7 Å². The third-order valence-electron chi connectivity index (χ3n) is 4.13. The number of carbonyl (C=O) groups excluding carboxylic acids is 1. The van der Waals surface area contributed by atoms with Gasteiger partial charge in [0.1, 0.15) is 5.76 Å². The summed E-state index contributed by atoms with van der Waals surface area (Å²) in [5, 5.41) is 9.71. The highest BCUT2D eigenvalue weighted by Crippen LogP contribution is 2.30. The molecule has 1 saturated heterocycles. The first kappa shape index (κ1) is 14.6. The number of H-pyrrole nitrogens is 1. The molecule has 0 aliphatic carbocycles. The second-order valence-electron chi connectivity index (χ2n) is 5.64. The summed E-state index contributed by atoms with van der Waals surface area (Å²) in [6, 6.07) is -0.0000569. The fourth-order valence-corrected chi connectivity index (χ4v) is 2.83. The highest BCUT2D eigenvalue weighted by molar-refractivity contribution is 5.74. The van der Waals surface area contributed by atoms with Crippen molar-refractivity contribution in [3.63, 3.8) is 0 Å². The van der Waals surface area contributed by atoms with Gasteiger partial charge in [-0.25, -0.2) is 9.78 Å². The summed E-state index contributed by atoms with van der Waals surface area (Å²) in [7, 11) is 0. The van der Waals surface area contributed by atoms with E-state index in [1.165, 1.54) is 0 Å². The zero-order valence-corrected chi connectivity index (χ0v) is 12.9. The second kappa shape index (κ2) is 6.21. The van der Waals surface area contributed by atoms with Crippen molar-refractivity contribution in [3.05, 3.63) is 35.3 Å². The molecule has 0 aromatic carbocycles. The van der Waals surface area contributed by atoms with Crippen LogP contribution in [0.25, 0.3) is 0 Å². The Labute approximate surface area is 129 Å². The predicted molar refractivity (Wildman–Crippen MR) is 80.1 cm³/mol. The van der Waals surface area contributed by atoms with Crippen molar-refractivity contribution in [2.75, 3.05) is 6.54 Å². The summed E-state index contributed by atoms with van der Waals surface area (Å²) < 4.78 is 5.49. The molecule has 1 aliphatic rings. The monoisotopic (exact) mass is 303 g/mol. The number of rotatable bonds is 3. The molecule has 3 heterocycles. The van der Waals surface area contributed by atoms with Crippen LogP contribution in [0.5, 0.6) is 0 Å². The van der Waals surface area contributed by atoms with Crippen LogP contribution in [0.3, 0.4) is 0 Å². The molecule has 2 aromatic rings. The maximum atomic E-state index is 12.5. The van der Waals surface area contributed by atoms with Gasteiger partial charge in [0.2, 0.25) is 5.89 Å². The Morgan fingerprint density at radius 2 is 2.36 bits per heavy atom. The van der Waals surface area contributed by atoms with Gasteiger partial charge in [-0.2, -0.15) is 5.10 Å². The van der Waals surface area contributed by atoms with Gasteiger partial charge in [-0.3, -0.25) is 5.10 Å². The lowest BCUT2D eigenvalue weighted by Crippen LogP contribution is -2.44. The summed E-state index contributed by atoms with van der Waals surface area (Å²) in [5.41, 5.74) is 1.91. The number of amides is 2. The van der Waals surface area contributed by atoms with Crippen LogP contribution in [0.2, 0.25) is 0 Å². The fraction of sp³-hybridized carbons (Fsp3) is 0.533. The van der Waals surface area contributed by atoms with E-state index in [-0.39, 0.29) is 12.1 Å². The molecule has 118 valence electrons. The van der Waals surface area contributed by atoms with Crippen LogP contribution >= 0.6 is 0 Å². The molecule has 0 radical (unpaired) electrons. The Hall–Kier alpha value is -2.31. The number of aromatic nitrogens is 3. The third-order valence-corrected chi connectivity index (χ3v) is 4.13. The minimum Gasteiger partial charge on any atom is -0.444 e. The first-order chi connectivity index (χ1) is 10.6. The number of nitrogens with one attached hydrogen (secondary N) is 2. The Kier molecular flexibility index (Phi) is 4.13. The number of carbonyl (C=O) groups is 1. The van der Waals surface area contributed by atoms with Gasteiger partial charge < -0.3 is 14.6 Å². The molecular weight excluding hydrogens is 282 g/mol. The first-order valence-corrected chi connectivity index (χ1v) is 7.61. The number of nitrogens with zero attached hydrogens (tertiary/aromatic N) is 3. The summed E-state index contributed by atoms with van der Waals surface area (Å²) in [6.45, 7) is 4.82. The van der Waals surface area contributed by atoms with Crippen LogP contribution in [-0.4, -0.2) is 32.7 Å². The highest BCUT2D eigenvalue weighted by atomic mass is 16.4. The van der Waals surface area contributed by atoms with Crippen LogP contribution in [0.4, 0.5) is 4.79 Å². The van der Waals surface area contributed by atoms with Crippen LogP contribution in [0, 0.1) is 13.8 Å². The topological polar surface area (TPSA) is 87.0 Å². The molecule has 7 nitrogen and oxygen atoms in total. The van der Waals surface area contributed by atoms with Gasteiger partial charge in [0, 0.05) is 18.3 Å². The molecular formula is C15H21N5O2. The molecule has 0 bridgehead atoms. The van der Waals surface area contributed by atoms with E-state index in [1.807, 2.05) is 24.9 Å². The number of piperidine rings is 1. The second-order valence-corrected chi connectivity index (χ2v) is 5.64. The third kappa shape index (κ3) is 2.98. The Bertz CT molecular complexity index is 615. The van der Waals surface area contributed by atoms with Crippen molar-refractivity contribution in [2.24, 2.45) is 0 Å². The molecule has 0 saturated carbocycles. The average Bonchev–Trinajstić information content (AvgIpc) is 3.16. The van der Waals surface area contributed by atoms with E-state index >= 15 is 0 Å². The van der Waals surface area contributed by atoms with Crippen molar-refractivity contribution in [1.82, 2.24) is 25.4 Å². The van der Waals surface area contributed by atoms with E-state index in [1.54, 1.807) is 6.20 Å². The van der Waals surface area contributed by atoms with Gasteiger partial charge >= 0.3 is 6.03 Å². The van der Waals surface area contributed by atoms with Crippen molar-refractivity contribution < 1.29 is 9.21 Å². The van der Waals surface area contributed by atoms with E-state index in [0.717, 1.165) is 42.8 Å². The van der Waals surface area contributed by atoms with Gasteiger partial charge in [-0.05, 0) is 33.1 Å². The number of likely N-dealkylation sites (tertiary alicyclic amines) is 1. The average molecular weight is 303 g/mol. The fourth-order valence-electron chi connectivity index (χ4n) is 2.83. The molecule has 1 aliphatic heterocycles. The molecule has 1 atom stereocenters. The Morgan fingerprint density at radius 1 is 1.50 bits per heavy atom. The highest BCUT2D eigenvalue weighted by Gasteiger charge is 2.28. The molecule has 2 amide bonds. The van der Waals surface area contributed by atoms with Crippen molar-refractivity contribution >= 4 is 6.03 Å². The molecule has 0 spiro atoms. The maximum absolute atomic E-state index is 12.5. The van der Waals surface area contributed by atoms with Crippen LogP contribution in [0.15, 0.2) is 16.8 Å². The van der Waals surface area contributed by atoms with Crippen LogP contribution in [0.1, 0.15) is 48.2 Å². The van der Waals surface area contributed by atoms with Crippen LogP contribution < -0.4 is 5.32 Å². The largest absolute Gasteiger partial charge is 0.444 e. The lowest BCUT2D eigenvalue weighted by atomic mass is 9.98. The molecule has 2 aromatic heterocycles. The molecule has 7 heteroatoms. The van der Waals surface area contributed by atoms with Gasteiger partial charge in [0.05, 0.1) is 24.5 Å². The molecule has 2 N–H and O–H groups in total. The van der Waals surface area contributed by atoms with E-state index in [4.69, 9.17) is 4.42 Å². The predicted octanol–water partition coefficient (Wildman–Crippen LogP) is 2.45. The normalized spacial score (nSPS) is 18.5. The Balaban J connectivity index is 1.64. The summed E-state index contributed by atoms with van der Waals surface area (Å²) in [5.74, 6) is 1.33. The minimum absolute atomic E-state index is 0.0838. The zero-order chi connectivity index (χ0) is 15.5. The lowest BCUT2D eigenvalue weighted by Gasteiger charge is -2.35. The summed E-state index contributed by atoms with van der Waals surface area (Å²) >= 11 is 0. The van der Waals surface area contributed by atoms with E-state index in [2.05, 4.69) is 20.5 Å². The SMILES string of the molecule is Cc1nc(CNC(=O)N2CCCCC2c2cn[nH]c2)oc1C. The molecule has 1 fully saturated rings. The van der Waals surface area contributed by atoms with Gasteiger partial charge in [-0.1, -0.05) is 0 Å². The van der Waals surface area contributed by atoms with E-state index in [0.29, 0.717) is 12.4 Å². The minimum atomic E-state index is -0.0839. The van der Waals surface area contributed by atoms with Crippen molar-refractivity contribution in [3.8, 4) is 0 Å². The summed E-state index contributed by atoms with van der Waals surface area (Å²) in [6.07, 6.45) is 6.76. The molecule has 3 rings (SSSR count). The summed E-state index contributed by atoms with van der Waals surface area (Å²) in [4.78, 5) is 18.6. The quantitative estimate of drug-likeness (QED) is 0.911. The first-order valence-electron chi connectivity index (χ1n) is 7.61. The van der Waals surface area contributed by atoms with E-state index in [9.17, 15) is 4.79 Å². The van der Waals surface area contributed by atoms with Gasteiger partial charge in [0.25, 0.3) is 0 Å². The molecule has 1 unspecified atom stereocenters. The number of aryl methyl sites for hydroxylation is 2. The number of aromatic amines is 1. The zero-order valence-electron chi connectivity index (χ0n) is 12.9. The molecule has 22 heavy (non-hydrogen) atoms. The lowest BCUT2D eigenvalue weighted by molar-refractivity contribution is 0.150. The smallest absolute Gasteiger partial charge is 0.318 e.